The van der Waals surface area contributed by atoms with Gasteiger partial charge >= 0.3 is 0 Å². The molecule has 2 aromatic carbocycles. The van der Waals surface area contributed by atoms with Gasteiger partial charge in [-0.25, -0.2) is 0 Å². The molecule has 0 spiro atoms. The van der Waals surface area contributed by atoms with E-state index in [0.29, 0.717) is 18.8 Å². The highest BCUT2D eigenvalue weighted by Gasteiger charge is 2.20. The average molecular weight is 362 g/mol. The van der Waals surface area contributed by atoms with Gasteiger partial charge in [-0.3, -0.25) is 4.79 Å². The van der Waals surface area contributed by atoms with Gasteiger partial charge in [-0.15, -0.1) is 0 Å². The van der Waals surface area contributed by atoms with Crippen molar-refractivity contribution in [2.24, 2.45) is 0 Å². The van der Waals surface area contributed by atoms with Gasteiger partial charge in [-0.2, -0.15) is 0 Å². The third kappa shape index (κ3) is 3.33. The predicted molar refractivity (Wildman–Crippen MR) is 91.3 cm³/mol. The zero-order valence-corrected chi connectivity index (χ0v) is 13.5. The summed E-state index contributed by atoms with van der Waals surface area (Å²) in [5.74, 6) is 0.689. The number of fused-ring (bicyclic) bond motifs is 1. The van der Waals surface area contributed by atoms with Crippen LogP contribution in [0.4, 0.5) is 17.1 Å². The number of anilines is 3. The van der Waals surface area contributed by atoms with Gasteiger partial charge in [-0.1, -0.05) is 15.9 Å². The maximum atomic E-state index is 12.2. The maximum Gasteiger partial charge on any atom is 0.243 e. The number of nitrogens with one attached hydrogen (secondary N) is 1. The monoisotopic (exact) mass is 361 g/mol. The number of benzene rings is 2. The summed E-state index contributed by atoms with van der Waals surface area (Å²) >= 11 is 3.37. The van der Waals surface area contributed by atoms with Crippen molar-refractivity contribution in [2.45, 2.75) is 0 Å². The molecule has 5 nitrogen and oxygen atoms in total. The summed E-state index contributed by atoms with van der Waals surface area (Å²) in [5, 5.41) is 2.89. The van der Waals surface area contributed by atoms with Crippen molar-refractivity contribution in [3.05, 3.63) is 46.9 Å². The van der Waals surface area contributed by atoms with Gasteiger partial charge in [0, 0.05) is 15.8 Å². The van der Waals surface area contributed by atoms with Crippen molar-refractivity contribution in [2.75, 3.05) is 35.6 Å². The second-order valence-corrected chi connectivity index (χ2v) is 5.97. The highest BCUT2D eigenvalue weighted by molar-refractivity contribution is 9.10. The molecule has 3 N–H and O–H groups in total. The van der Waals surface area contributed by atoms with Gasteiger partial charge in [0.15, 0.2) is 0 Å². The van der Waals surface area contributed by atoms with E-state index < -0.39 is 0 Å². The minimum Gasteiger partial charge on any atom is -0.490 e. The second-order valence-electron chi connectivity index (χ2n) is 5.05. The molecule has 0 saturated heterocycles. The van der Waals surface area contributed by atoms with Crippen LogP contribution in [-0.4, -0.2) is 25.6 Å². The molecule has 6 heteroatoms. The highest BCUT2D eigenvalue weighted by Crippen LogP contribution is 2.33. The van der Waals surface area contributed by atoms with Crippen LogP contribution in [0.1, 0.15) is 0 Å². The fraction of sp³-hybridized carbons (Fsp3) is 0.188. The van der Waals surface area contributed by atoms with Crippen LogP contribution < -0.4 is 20.7 Å². The molecule has 2 aromatic rings. The van der Waals surface area contributed by atoms with E-state index in [1.807, 2.05) is 41.3 Å². The smallest absolute Gasteiger partial charge is 0.243 e. The zero-order chi connectivity index (χ0) is 15.5. The number of rotatable bonds is 3. The number of halogens is 1. The van der Waals surface area contributed by atoms with Crippen molar-refractivity contribution < 1.29 is 9.53 Å². The van der Waals surface area contributed by atoms with Crippen LogP contribution in [0.15, 0.2) is 46.9 Å². The summed E-state index contributed by atoms with van der Waals surface area (Å²) in [6, 6.07) is 13.0. The summed E-state index contributed by atoms with van der Waals surface area (Å²) in [6.45, 7) is 1.47. The lowest BCUT2D eigenvalue weighted by Crippen LogP contribution is -2.38. The summed E-state index contributed by atoms with van der Waals surface area (Å²) in [4.78, 5) is 14.2. The Morgan fingerprint density at radius 3 is 2.82 bits per heavy atom. The highest BCUT2D eigenvalue weighted by atomic mass is 79.9. The largest absolute Gasteiger partial charge is 0.490 e. The van der Waals surface area contributed by atoms with Gasteiger partial charge in [0.1, 0.15) is 12.4 Å². The Morgan fingerprint density at radius 1 is 1.27 bits per heavy atom. The summed E-state index contributed by atoms with van der Waals surface area (Å²) in [6.07, 6.45) is 0. The van der Waals surface area contributed by atoms with E-state index in [1.165, 1.54) is 0 Å². The van der Waals surface area contributed by atoms with Crippen LogP contribution in [0.2, 0.25) is 0 Å². The van der Waals surface area contributed by atoms with E-state index in [9.17, 15) is 4.79 Å². The molecule has 0 aromatic heterocycles. The van der Waals surface area contributed by atoms with Crippen LogP contribution in [0.25, 0.3) is 0 Å². The van der Waals surface area contributed by atoms with E-state index in [-0.39, 0.29) is 12.5 Å². The van der Waals surface area contributed by atoms with Crippen LogP contribution in [0.3, 0.4) is 0 Å². The molecule has 1 heterocycles. The number of hydrogen-bond donors (Lipinski definition) is 2. The van der Waals surface area contributed by atoms with Gasteiger partial charge in [0.25, 0.3) is 0 Å². The van der Waals surface area contributed by atoms with E-state index in [0.717, 1.165) is 21.6 Å². The molecule has 114 valence electrons. The fourth-order valence-electron chi connectivity index (χ4n) is 2.36. The Labute approximate surface area is 137 Å². The average Bonchev–Trinajstić information content (AvgIpc) is 2.50. The van der Waals surface area contributed by atoms with Crippen molar-refractivity contribution in [3.63, 3.8) is 0 Å². The van der Waals surface area contributed by atoms with Gasteiger partial charge in [0.05, 0.1) is 18.8 Å². The SMILES string of the molecule is Nc1ccc2c(c1)N(CC(=O)Nc1ccc(Br)cc1)CCO2. The predicted octanol–water partition coefficient (Wildman–Crippen LogP) is 2.87. The summed E-state index contributed by atoms with van der Waals surface area (Å²) in [7, 11) is 0. The van der Waals surface area contributed by atoms with E-state index in [4.69, 9.17) is 10.5 Å². The van der Waals surface area contributed by atoms with Crippen LogP contribution in [-0.2, 0) is 4.79 Å². The first-order chi connectivity index (χ1) is 10.6. The maximum absolute atomic E-state index is 12.2. The number of nitrogens with zero attached hydrogens (tertiary/aromatic N) is 1. The Morgan fingerprint density at radius 2 is 2.05 bits per heavy atom. The summed E-state index contributed by atoms with van der Waals surface area (Å²) in [5.41, 5.74) is 8.11. The Hall–Kier alpha value is -2.21. The van der Waals surface area contributed by atoms with Gasteiger partial charge in [-0.05, 0) is 42.5 Å². The number of ether oxygens (including phenoxy) is 1. The minimum absolute atomic E-state index is 0.0717. The van der Waals surface area contributed by atoms with Crippen molar-refractivity contribution >= 4 is 38.9 Å². The molecule has 0 radical (unpaired) electrons. The molecule has 0 unspecified atom stereocenters. The van der Waals surface area contributed by atoms with E-state index in [2.05, 4.69) is 21.2 Å². The number of carbonyl (C=O) groups is 1. The first-order valence-electron chi connectivity index (χ1n) is 6.94. The molecule has 3 rings (SSSR count). The molecule has 0 aliphatic carbocycles. The van der Waals surface area contributed by atoms with Crippen LogP contribution in [0.5, 0.6) is 5.75 Å². The first kappa shape index (κ1) is 14.7. The van der Waals surface area contributed by atoms with Crippen molar-refractivity contribution in [1.82, 2.24) is 0 Å². The topological polar surface area (TPSA) is 67.6 Å². The molecule has 0 atom stereocenters. The minimum atomic E-state index is -0.0717. The number of amides is 1. The lowest BCUT2D eigenvalue weighted by Gasteiger charge is -2.30. The van der Waals surface area contributed by atoms with Gasteiger partial charge < -0.3 is 20.7 Å². The zero-order valence-electron chi connectivity index (χ0n) is 11.9. The molecule has 0 bridgehead atoms. The van der Waals surface area contributed by atoms with Crippen molar-refractivity contribution in [1.29, 1.82) is 0 Å². The second kappa shape index (κ2) is 6.27. The van der Waals surface area contributed by atoms with E-state index in [1.54, 1.807) is 6.07 Å². The Bertz CT molecular complexity index is 688. The van der Waals surface area contributed by atoms with E-state index >= 15 is 0 Å². The number of hydrogen-bond acceptors (Lipinski definition) is 4. The third-order valence-electron chi connectivity index (χ3n) is 3.40. The quantitative estimate of drug-likeness (QED) is 0.824. The Kier molecular flexibility index (Phi) is 4.20. The Balaban J connectivity index is 1.70. The first-order valence-corrected chi connectivity index (χ1v) is 7.74. The molecular weight excluding hydrogens is 346 g/mol. The molecular formula is C16H16BrN3O2. The lowest BCUT2D eigenvalue weighted by atomic mass is 10.2. The molecule has 1 aliphatic heterocycles. The standard InChI is InChI=1S/C16H16BrN3O2/c17-11-1-4-13(5-2-11)19-16(21)10-20-7-8-22-15-6-3-12(18)9-14(15)20/h1-6,9H,7-8,10,18H2,(H,19,21). The summed E-state index contributed by atoms with van der Waals surface area (Å²) < 4.78 is 6.56. The number of nitrogens with two attached hydrogens (primary N) is 1. The molecule has 0 saturated carbocycles. The van der Waals surface area contributed by atoms with Gasteiger partial charge in [0.2, 0.25) is 5.91 Å². The number of nitrogen functional groups attached to an aromatic ring is 1. The molecule has 1 aliphatic rings. The third-order valence-corrected chi connectivity index (χ3v) is 3.93. The van der Waals surface area contributed by atoms with Crippen LogP contribution in [0, 0.1) is 0 Å². The normalized spacial score (nSPS) is 13.2. The van der Waals surface area contributed by atoms with Crippen molar-refractivity contribution in [3.8, 4) is 5.75 Å². The lowest BCUT2D eigenvalue weighted by molar-refractivity contribution is -0.115. The van der Waals surface area contributed by atoms with Crippen LogP contribution >= 0.6 is 15.9 Å². The molecule has 22 heavy (non-hydrogen) atoms. The molecule has 0 fully saturated rings. The number of carbonyl (C=O) groups excluding carboxylic acids is 1. The fourth-order valence-corrected chi connectivity index (χ4v) is 2.63. The molecule has 1 amide bonds.